The van der Waals surface area contributed by atoms with Gasteiger partial charge in [0, 0.05) is 24.2 Å². The molecular formula is C15H12N3O2. The molecule has 0 unspecified atom stereocenters. The number of fused-ring (bicyclic) bond motifs is 1. The summed E-state index contributed by atoms with van der Waals surface area (Å²) < 4.78 is 2.01. The van der Waals surface area contributed by atoms with Gasteiger partial charge in [0.15, 0.2) is 0 Å². The van der Waals surface area contributed by atoms with Crippen molar-refractivity contribution in [1.29, 1.82) is 0 Å². The number of hydrogen-bond donors (Lipinski definition) is 0. The second kappa shape index (κ2) is 4.77. The number of nitro benzene ring substituents is 1. The SMILES string of the molecule is CCc1nc2cc([N+](=O)[O-])ccc2n1-c1c[c]ccc1. The Morgan fingerprint density at radius 2 is 2.25 bits per heavy atom. The predicted octanol–water partition coefficient (Wildman–Crippen LogP) is 3.30. The molecule has 0 atom stereocenters. The van der Waals surface area contributed by atoms with Crippen molar-refractivity contribution in [2.24, 2.45) is 0 Å². The number of aryl methyl sites for hydroxylation is 1. The van der Waals surface area contributed by atoms with Crippen molar-refractivity contribution in [3.05, 3.63) is 64.5 Å². The number of aromatic nitrogens is 2. The molecule has 0 N–H and O–H groups in total. The molecule has 0 spiro atoms. The first-order valence-corrected chi connectivity index (χ1v) is 6.33. The van der Waals surface area contributed by atoms with Crippen molar-refractivity contribution in [3.8, 4) is 5.69 Å². The van der Waals surface area contributed by atoms with Gasteiger partial charge in [-0.25, -0.2) is 4.98 Å². The fraction of sp³-hybridized carbons (Fsp3) is 0.133. The maximum Gasteiger partial charge on any atom is 0.271 e. The van der Waals surface area contributed by atoms with E-state index in [0.717, 1.165) is 23.4 Å². The van der Waals surface area contributed by atoms with Crippen molar-refractivity contribution < 1.29 is 4.92 Å². The summed E-state index contributed by atoms with van der Waals surface area (Å²) in [5.74, 6) is 0.875. The molecule has 20 heavy (non-hydrogen) atoms. The van der Waals surface area contributed by atoms with E-state index in [4.69, 9.17) is 0 Å². The second-order valence-corrected chi connectivity index (χ2v) is 4.41. The Morgan fingerprint density at radius 3 is 2.90 bits per heavy atom. The largest absolute Gasteiger partial charge is 0.296 e. The minimum absolute atomic E-state index is 0.0597. The van der Waals surface area contributed by atoms with Crippen molar-refractivity contribution in [2.75, 3.05) is 0 Å². The highest BCUT2D eigenvalue weighted by Crippen LogP contribution is 2.25. The first-order chi connectivity index (χ1) is 9.70. The summed E-state index contributed by atoms with van der Waals surface area (Å²) in [7, 11) is 0. The average molecular weight is 266 g/mol. The predicted molar refractivity (Wildman–Crippen MR) is 75.9 cm³/mol. The van der Waals surface area contributed by atoms with Crippen LogP contribution < -0.4 is 0 Å². The third-order valence-electron chi connectivity index (χ3n) is 3.18. The molecule has 0 aliphatic carbocycles. The zero-order valence-electron chi connectivity index (χ0n) is 10.9. The van der Waals surface area contributed by atoms with Crippen LogP contribution in [0.15, 0.2) is 42.5 Å². The fourth-order valence-electron chi connectivity index (χ4n) is 2.28. The lowest BCUT2D eigenvalue weighted by Crippen LogP contribution is -1.99. The van der Waals surface area contributed by atoms with E-state index < -0.39 is 4.92 Å². The Hall–Kier alpha value is -2.69. The minimum atomic E-state index is -0.402. The van der Waals surface area contributed by atoms with Gasteiger partial charge < -0.3 is 0 Å². The van der Waals surface area contributed by atoms with E-state index in [1.54, 1.807) is 6.07 Å². The van der Waals surface area contributed by atoms with Crippen molar-refractivity contribution in [2.45, 2.75) is 13.3 Å². The Morgan fingerprint density at radius 1 is 1.40 bits per heavy atom. The molecule has 0 bridgehead atoms. The van der Waals surface area contributed by atoms with E-state index in [-0.39, 0.29) is 5.69 Å². The summed E-state index contributed by atoms with van der Waals surface area (Å²) in [6.07, 6.45) is 0.747. The van der Waals surface area contributed by atoms with E-state index >= 15 is 0 Å². The zero-order chi connectivity index (χ0) is 14.1. The molecule has 5 nitrogen and oxygen atoms in total. The lowest BCUT2D eigenvalue weighted by molar-refractivity contribution is -0.384. The van der Waals surface area contributed by atoms with Crippen LogP contribution in [-0.4, -0.2) is 14.5 Å². The van der Waals surface area contributed by atoms with Crippen LogP contribution >= 0.6 is 0 Å². The summed E-state index contributed by atoms with van der Waals surface area (Å²) in [6, 6.07) is 15.4. The molecule has 0 saturated heterocycles. The van der Waals surface area contributed by atoms with Gasteiger partial charge in [0.05, 0.1) is 16.0 Å². The summed E-state index contributed by atoms with van der Waals surface area (Å²) >= 11 is 0. The molecule has 1 aromatic heterocycles. The Labute approximate surface area is 115 Å². The Bertz CT molecular complexity index is 778. The number of nitro groups is 1. The highest BCUT2D eigenvalue weighted by molar-refractivity contribution is 5.80. The number of nitrogens with zero attached hydrogens (tertiary/aromatic N) is 3. The first-order valence-electron chi connectivity index (χ1n) is 6.33. The van der Waals surface area contributed by atoms with Gasteiger partial charge in [-0.3, -0.25) is 14.7 Å². The van der Waals surface area contributed by atoms with E-state index in [2.05, 4.69) is 11.1 Å². The monoisotopic (exact) mass is 266 g/mol. The van der Waals surface area contributed by atoms with Gasteiger partial charge >= 0.3 is 0 Å². The van der Waals surface area contributed by atoms with Crippen LogP contribution in [-0.2, 0) is 6.42 Å². The average Bonchev–Trinajstić information content (AvgIpc) is 2.85. The number of imidazole rings is 1. The number of non-ortho nitro benzene ring substituents is 1. The minimum Gasteiger partial charge on any atom is -0.296 e. The van der Waals surface area contributed by atoms with Crippen LogP contribution in [0.2, 0.25) is 0 Å². The Balaban J connectivity index is 2.28. The molecule has 5 heteroatoms. The molecule has 3 rings (SSSR count). The highest BCUT2D eigenvalue weighted by atomic mass is 16.6. The smallest absolute Gasteiger partial charge is 0.271 e. The molecule has 2 aromatic carbocycles. The van der Waals surface area contributed by atoms with Crippen LogP contribution in [0.5, 0.6) is 0 Å². The maximum atomic E-state index is 10.8. The summed E-state index contributed by atoms with van der Waals surface area (Å²) in [4.78, 5) is 14.9. The van der Waals surface area contributed by atoms with Gasteiger partial charge in [-0.1, -0.05) is 19.1 Å². The Kier molecular flexibility index (Phi) is 2.95. The van der Waals surface area contributed by atoms with Gasteiger partial charge in [0.25, 0.3) is 5.69 Å². The summed E-state index contributed by atoms with van der Waals surface area (Å²) in [6.45, 7) is 2.01. The lowest BCUT2D eigenvalue weighted by Gasteiger charge is -2.07. The third kappa shape index (κ3) is 1.93. The molecule has 0 amide bonds. The molecule has 0 aliphatic rings. The van der Waals surface area contributed by atoms with Crippen molar-refractivity contribution in [3.63, 3.8) is 0 Å². The van der Waals surface area contributed by atoms with Crippen LogP contribution in [0.4, 0.5) is 5.69 Å². The topological polar surface area (TPSA) is 61.0 Å². The fourth-order valence-corrected chi connectivity index (χ4v) is 2.28. The molecular weight excluding hydrogens is 254 g/mol. The summed E-state index contributed by atoms with van der Waals surface area (Å²) in [5.41, 5.74) is 2.53. The highest BCUT2D eigenvalue weighted by Gasteiger charge is 2.14. The molecule has 0 saturated carbocycles. The van der Waals surface area contributed by atoms with Crippen molar-refractivity contribution in [1.82, 2.24) is 9.55 Å². The van der Waals surface area contributed by atoms with E-state index in [9.17, 15) is 10.1 Å². The molecule has 0 aliphatic heterocycles. The zero-order valence-corrected chi connectivity index (χ0v) is 10.9. The van der Waals surface area contributed by atoms with E-state index in [1.807, 2.05) is 35.8 Å². The second-order valence-electron chi connectivity index (χ2n) is 4.41. The third-order valence-corrected chi connectivity index (χ3v) is 3.18. The molecule has 1 heterocycles. The standard InChI is InChI=1S/C15H12N3O2/c1-2-15-16-13-10-12(18(19)20)8-9-14(13)17(15)11-6-4-3-5-7-11/h3-4,6-10H,2H2,1H3. The van der Waals surface area contributed by atoms with Gasteiger partial charge in [-0.2, -0.15) is 0 Å². The van der Waals surface area contributed by atoms with Crippen molar-refractivity contribution >= 4 is 16.7 Å². The van der Waals surface area contributed by atoms with Crippen LogP contribution in [0, 0.1) is 16.2 Å². The van der Waals surface area contributed by atoms with E-state index in [0.29, 0.717) is 5.52 Å². The first kappa shape index (κ1) is 12.3. The van der Waals surface area contributed by atoms with Gasteiger partial charge in [-0.05, 0) is 24.3 Å². The lowest BCUT2D eigenvalue weighted by atomic mass is 10.2. The summed E-state index contributed by atoms with van der Waals surface area (Å²) in [5, 5.41) is 10.8. The maximum absolute atomic E-state index is 10.8. The molecule has 99 valence electrons. The number of benzene rings is 2. The molecule has 0 fully saturated rings. The number of rotatable bonds is 3. The number of hydrogen-bond acceptors (Lipinski definition) is 3. The van der Waals surface area contributed by atoms with Gasteiger partial charge in [0.1, 0.15) is 5.82 Å². The molecule has 1 radical (unpaired) electrons. The molecule has 3 aromatic rings. The van der Waals surface area contributed by atoms with Crippen LogP contribution in [0.3, 0.4) is 0 Å². The van der Waals surface area contributed by atoms with Gasteiger partial charge in [0.2, 0.25) is 0 Å². The quantitative estimate of drug-likeness (QED) is 0.539. The van der Waals surface area contributed by atoms with E-state index in [1.165, 1.54) is 12.1 Å². The van der Waals surface area contributed by atoms with Crippen LogP contribution in [0.1, 0.15) is 12.7 Å². The van der Waals surface area contributed by atoms with Gasteiger partial charge in [-0.15, -0.1) is 0 Å². The normalized spacial score (nSPS) is 10.8. The van der Waals surface area contributed by atoms with Crippen LogP contribution in [0.25, 0.3) is 16.7 Å².